The summed E-state index contributed by atoms with van der Waals surface area (Å²) in [5.41, 5.74) is 2.04. The molecule has 0 saturated carbocycles. The Labute approximate surface area is 162 Å². The van der Waals surface area contributed by atoms with Crippen LogP contribution in [-0.2, 0) is 17.8 Å². The molecule has 140 valence electrons. The van der Waals surface area contributed by atoms with E-state index >= 15 is 0 Å². The van der Waals surface area contributed by atoms with Crippen LogP contribution in [0, 0.1) is 17.1 Å². The number of hydrogen-bond donors (Lipinski definition) is 0. The number of fused-ring (bicyclic) bond motifs is 1. The molecule has 0 radical (unpaired) electrons. The van der Waals surface area contributed by atoms with Crippen molar-refractivity contribution in [1.29, 1.82) is 5.26 Å². The number of halogens is 1. The zero-order valence-corrected chi connectivity index (χ0v) is 15.8. The van der Waals surface area contributed by atoms with Crippen LogP contribution in [0.1, 0.15) is 16.0 Å². The summed E-state index contributed by atoms with van der Waals surface area (Å²) in [6.07, 6.45) is 1.02. The van der Waals surface area contributed by atoms with Crippen molar-refractivity contribution >= 4 is 22.9 Å². The largest absolute Gasteiger partial charge is 0.367 e. The van der Waals surface area contributed by atoms with Crippen molar-refractivity contribution in [3.8, 4) is 6.07 Å². The number of carbonyl (C=O) groups is 1. The van der Waals surface area contributed by atoms with Crippen LogP contribution in [0.2, 0.25) is 0 Å². The predicted molar refractivity (Wildman–Crippen MR) is 103 cm³/mol. The number of thiophene rings is 1. The number of carbonyl (C=O) groups excluding carboxylic acids is 1. The number of amides is 1. The Morgan fingerprint density at radius 3 is 2.78 bits per heavy atom. The van der Waals surface area contributed by atoms with Crippen LogP contribution in [0.4, 0.5) is 10.1 Å². The third-order valence-electron chi connectivity index (χ3n) is 5.32. The minimum absolute atomic E-state index is 0.0807. The summed E-state index contributed by atoms with van der Waals surface area (Å²) in [5.74, 6) is -0.348. The molecule has 1 aromatic carbocycles. The van der Waals surface area contributed by atoms with E-state index in [0.717, 1.165) is 19.5 Å². The van der Waals surface area contributed by atoms with Gasteiger partial charge >= 0.3 is 0 Å². The minimum atomic E-state index is -0.494. The van der Waals surface area contributed by atoms with Crippen LogP contribution in [0.5, 0.6) is 0 Å². The molecule has 0 aliphatic carbocycles. The normalized spacial score (nSPS) is 17.5. The van der Waals surface area contributed by atoms with Crippen molar-refractivity contribution in [3.63, 3.8) is 0 Å². The number of nitriles is 1. The molecule has 0 spiro atoms. The number of anilines is 1. The Bertz CT molecular complexity index is 882. The lowest BCUT2D eigenvalue weighted by Crippen LogP contribution is -2.51. The molecule has 2 aliphatic heterocycles. The second-order valence-corrected chi connectivity index (χ2v) is 7.94. The van der Waals surface area contributed by atoms with Crippen LogP contribution in [0.15, 0.2) is 29.6 Å². The molecule has 1 saturated heterocycles. The van der Waals surface area contributed by atoms with Gasteiger partial charge in [-0.1, -0.05) is 6.07 Å². The van der Waals surface area contributed by atoms with Gasteiger partial charge in [0.05, 0.1) is 12.2 Å². The predicted octanol–water partition coefficient (Wildman–Crippen LogP) is 2.47. The molecule has 0 N–H and O–H groups in total. The Morgan fingerprint density at radius 1 is 1.19 bits per heavy atom. The van der Waals surface area contributed by atoms with Gasteiger partial charge in [-0.25, -0.2) is 4.39 Å². The van der Waals surface area contributed by atoms with E-state index in [1.165, 1.54) is 16.5 Å². The van der Waals surface area contributed by atoms with E-state index in [0.29, 0.717) is 38.4 Å². The molecule has 27 heavy (non-hydrogen) atoms. The van der Waals surface area contributed by atoms with E-state index in [1.807, 2.05) is 15.9 Å². The summed E-state index contributed by atoms with van der Waals surface area (Å²) in [6, 6.07) is 8.80. The molecule has 0 unspecified atom stereocenters. The lowest BCUT2D eigenvalue weighted by molar-refractivity contribution is -0.132. The Kier molecular flexibility index (Phi) is 5.10. The number of hydrogen-bond acceptors (Lipinski definition) is 5. The maximum atomic E-state index is 13.8. The number of piperazine rings is 1. The highest BCUT2D eigenvalue weighted by molar-refractivity contribution is 7.10. The van der Waals surface area contributed by atoms with Crippen LogP contribution in [0.3, 0.4) is 0 Å². The third kappa shape index (κ3) is 3.68. The first kappa shape index (κ1) is 18.0. The molecule has 1 fully saturated rings. The maximum Gasteiger partial charge on any atom is 0.236 e. The van der Waals surface area contributed by atoms with Crippen LogP contribution in [0.25, 0.3) is 0 Å². The summed E-state index contributed by atoms with van der Waals surface area (Å²) in [6.45, 7) is 4.62. The molecule has 2 aliphatic rings. The summed E-state index contributed by atoms with van der Waals surface area (Å²) in [5, 5.41) is 11.3. The average Bonchev–Trinajstić information content (AvgIpc) is 3.15. The van der Waals surface area contributed by atoms with E-state index in [1.54, 1.807) is 23.5 Å². The first-order valence-electron chi connectivity index (χ1n) is 9.14. The van der Waals surface area contributed by atoms with Gasteiger partial charge in [-0.2, -0.15) is 5.26 Å². The van der Waals surface area contributed by atoms with Gasteiger partial charge in [0.25, 0.3) is 0 Å². The highest BCUT2D eigenvalue weighted by Crippen LogP contribution is 2.25. The molecule has 7 heteroatoms. The lowest BCUT2D eigenvalue weighted by atomic mass is 10.1. The SMILES string of the molecule is N#Cc1c(F)cccc1N1CCN(C(=O)CN2CCc3sccc3C2)CC1. The smallest absolute Gasteiger partial charge is 0.236 e. The van der Waals surface area contributed by atoms with Gasteiger partial charge in [-0.15, -0.1) is 11.3 Å². The van der Waals surface area contributed by atoms with E-state index < -0.39 is 5.82 Å². The fourth-order valence-electron chi connectivity index (χ4n) is 3.82. The van der Waals surface area contributed by atoms with E-state index in [2.05, 4.69) is 16.3 Å². The van der Waals surface area contributed by atoms with Crippen LogP contribution >= 0.6 is 11.3 Å². The highest BCUT2D eigenvalue weighted by Gasteiger charge is 2.26. The number of rotatable bonds is 3. The summed E-state index contributed by atoms with van der Waals surface area (Å²) >= 11 is 1.80. The number of nitrogens with zero attached hydrogens (tertiary/aromatic N) is 4. The summed E-state index contributed by atoms with van der Waals surface area (Å²) in [7, 11) is 0. The monoisotopic (exact) mass is 384 g/mol. The van der Waals surface area contributed by atoms with Gasteiger partial charge in [0, 0.05) is 44.1 Å². The van der Waals surface area contributed by atoms with Crippen molar-refractivity contribution in [3.05, 3.63) is 51.5 Å². The molecular formula is C20H21FN4OS. The Morgan fingerprint density at radius 2 is 2.00 bits per heavy atom. The minimum Gasteiger partial charge on any atom is -0.367 e. The summed E-state index contributed by atoms with van der Waals surface area (Å²) in [4.78, 5) is 20.2. The zero-order chi connectivity index (χ0) is 18.8. The van der Waals surface area contributed by atoms with Crippen molar-refractivity contribution in [1.82, 2.24) is 9.80 Å². The Balaban J connectivity index is 1.34. The van der Waals surface area contributed by atoms with Gasteiger partial charge < -0.3 is 9.80 Å². The highest BCUT2D eigenvalue weighted by atomic mass is 32.1. The molecule has 0 bridgehead atoms. The molecule has 4 rings (SSSR count). The van der Waals surface area contributed by atoms with Crippen LogP contribution < -0.4 is 4.90 Å². The quantitative estimate of drug-likeness (QED) is 0.816. The second-order valence-electron chi connectivity index (χ2n) is 6.94. The van der Waals surface area contributed by atoms with Crippen LogP contribution in [-0.4, -0.2) is 55.0 Å². The molecule has 0 atom stereocenters. The van der Waals surface area contributed by atoms with Gasteiger partial charge in [0.15, 0.2) is 0 Å². The van der Waals surface area contributed by atoms with E-state index in [9.17, 15) is 14.4 Å². The molecule has 3 heterocycles. The van der Waals surface area contributed by atoms with Crippen molar-refractivity contribution in [2.75, 3.05) is 44.2 Å². The topological polar surface area (TPSA) is 50.6 Å². The Hall–Kier alpha value is -2.43. The third-order valence-corrected chi connectivity index (χ3v) is 6.35. The van der Waals surface area contributed by atoms with Crippen molar-refractivity contribution in [2.24, 2.45) is 0 Å². The summed E-state index contributed by atoms with van der Waals surface area (Å²) < 4.78 is 13.8. The van der Waals surface area contributed by atoms with E-state index in [-0.39, 0.29) is 11.5 Å². The van der Waals surface area contributed by atoms with Gasteiger partial charge in [-0.3, -0.25) is 9.69 Å². The standard InChI is InChI=1S/C20H21FN4OS/c21-17-2-1-3-18(16(17)12-22)24-7-9-25(10-8-24)20(26)14-23-6-4-19-15(13-23)5-11-27-19/h1-3,5,11H,4,6-10,13-14H2. The van der Waals surface area contributed by atoms with Crippen molar-refractivity contribution < 1.29 is 9.18 Å². The molecule has 1 aromatic heterocycles. The second kappa shape index (κ2) is 7.67. The van der Waals surface area contributed by atoms with Gasteiger partial charge in [-0.05, 0) is 35.6 Å². The first-order chi connectivity index (χ1) is 13.2. The first-order valence-corrected chi connectivity index (χ1v) is 10.0. The fraction of sp³-hybridized carbons (Fsp3) is 0.400. The van der Waals surface area contributed by atoms with Gasteiger partial charge in [0.2, 0.25) is 5.91 Å². The molecular weight excluding hydrogens is 363 g/mol. The molecule has 5 nitrogen and oxygen atoms in total. The molecule has 1 amide bonds. The fourth-order valence-corrected chi connectivity index (χ4v) is 4.71. The number of benzene rings is 1. The average molecular weight is 384 g/mol. The molecule has 2 aromatic rings. The maximum absolute atomic E-state index is 13.8. The van der Waals surface area contributed by atoms with Crippen molar-refractivity contribution in [2.45, 2.75) is 13.0 Å². The zero-order valence-electron chi connectivity index (χ0n) is 15.0. The van der Waals surface area contributed by atoms with Gasteiger partial charge in [0.1, 0.15) is 17.4 Å². The van der Waals surface area contributed by atoms with E-state index in [4.69, 9.17) is 0 Å². The lowest BCUT2D eigenvalue weighted by Gasteiger charge is -2.37.